The fraction of sp³-hybridized carbons (Fsp3) is 0.625. The van der Waals surface area contributed by atoms with Crippen LogP contribution in [0.1, 0.15) is 31.4 Å². The average molecular weight is 265 g/mol. The van der Waals surface area contributed by atoms with E-state index in [4.69, 9.17) is 9.84 Å². The molecular formula is C16H27NO2. The average Bonchev–Trinajstić information content (AvgIpc) is 2.36. The largest absolute Gasteiger partial charge is 0.396 e. The number of aliphatic hydroxyl groups excluding tert-OH is 1. The first-order chi connectivity index (χ1) is 9.15. The molecule has 0 amide bonds. The minimum absolute atomic E-state index is 0.205. The summed E-state index contributed by atoms with van der Waals surface area (Å²) >= 11 is 0. The number of aliphatic hydroxyl groups is 1. The van der Waals surface area contributed by atoms with Crippen LogP contribution in [0, 0.1) is 5.92 Å². The van der Waals surface area contributed by atoms with Gasteiger partial charge in [-0.05, 0) is 29.9 Å². The summed E-state index contributed by atoms with van der Waals surface area (Å²) in [5.41, 5.74) is 2.45. The summed E-state index contributed by atoms with van der Waals surface area (Å²) < 4.78 is 5.26. The van der Waals surface area contributed by atoms with Crippen molar-refractivity contribution in [3.8, 4) is 0 Å². The molecule has 3 heteroatoms. The highest BCUT2D eigenvalue weighted by Gasteiger charge is 2.10. The lowest BCUT2D eigenvalue weighted by molar-refractivity contribution is 0.156. The lowest BCUT2D eigenvalue weighted by Crippen LogP contribution is -2.34. The summed E-state index contributed by atoms with van der Waals surface area (Å²) in [6, 6.07) is 8.78. The first kappa shape index (κ1) is 16.2. The zero-order chi connectivity index (χ0) is 14.1. The topological polar surface area (TPSA) is 41.5 Å². The predicted molar refractivity (Wildman–Crippen MR) is 79.2 cm³/mol. The lowest BCUT2D eigenvalue weighted by atomic mass is 10.0. The number of ether oxygens (including phenoxy) is 1. The molecule has 0 spiro atoms. The highest BCUT2D eigenvalue weighted by Crippen LogP contribution is 2.09. The Balaban J connectivity index is 2.50. The predicted octanol–water partition coefficient (Wildman–Crippen LogP) is 2.37. The minimum atomic E-state index is 0.205. The number of rotatable bonds is 9. The summed E-state index contributed by atoms with van der Waals surface area (Å²) in [4.78, 5) is 0. The van der Waals surface area contributed by atoms with Gasteiger partial charge >= 0.3 is 0 Å². The number of methoxy groups -OCH3 is 1. The fourth-order valence-corrected chi connectivity index (χ4v) is 2.27. The van der Waals surface area contributed by atoms with Crippen molar-refractivity contribution >= 4 is 0 Å². The molecule has 1 unspecified atom stereocenters. The highest BCUT2D eigenvalue weighted by molar-refractivity contribution is 5.23. The fourth-order valence-electron chi connectivity index (χ4n) is 2.27. The molecular weight excluding hydrogens is 238 g/mol. The van der Waals surface area contributed by atoms with Crippen molar-refractivity contribution in [2.45, 2.75) is 39.3 Å². The normalized spacial score (nSPS) is 12.9. The van der Waals surface area contributed by atoms with Crippen molar-refractivity contribution in [2.75, 3.05) is 20.3 Å². The quantitative estimate of drug-likeness (QED) is 0.720. The number of benzene rings is 1. The van der Waals surface area contributed by atoms with E-state index in [2.05, 4.69) is 43.4 Å². The molecule has 0 fully saturated rings. The van der Waals surface area contributed by atoms with Gasteiger partial charge in [-0.1, -0.05) is 38.1 Å². The van der Waals surface area contributed by atoms with E-state index in [9.17, 15) is 0 Å². The maximum atomic E-state index is 8.97. The van der Waals surface area contributed by atoms with Gasteiger partial charge in [0.1, 0.15) is 0 Å². The number of hydrogen-bond donors (Lipinski definition) is 2. The molecule has 0 radical (unpaired) electrons. The van der Waals surface area contributed by atoms with Crippen LogP contribution in [0.5, 0.6) is 0 Å². The van der Waals surface area contributed by atoms with Gasteiger partial charge in [-0.2, -0.15) is 0 Å². The molecule has 0 saturated carbocycles. The zero-order valence-electron chi connectivity index (χ0n) is 12.4. The van der Waals surface area contributed by atoms with E-state index in [0.717, 1.165) is 26.0 Å². The van der Waals surface area contributed by atoms with Gasteiger partial charge in [0.15, 0.2) is 0 Å². The molecule has 1 aromatic rings. The molecule has 0 bridgehead atoms. The highest BCUT2D eigenvalue weighted by atomic mass is 16.5. The molecule has 0 aliphatic carbocycles. The van der Waals surface area contributed by atoms with Crippen molar-refractivity contribution in [1.29, 1.82) is 0 Å². The van der Waals surface area contributed by atoms with Crippen LogP contribution in [-0.4, -0.2) is 31.5 Å². The molecule has 0 saturated heterocycles. The third-order valence-corrected chi connectivity index (χ3v) is 3.11. The smallest absolute Gasteiger partial charge is 0.0616 e. The second-order valence-electron chi connectivity index (χ2n) is 5.46. The first-order valence-corrected chi connectivity index (χ1v) is 7.06. The standard InChI is InChI=1S/C16H27NO2/c1-13(2)9-16(12-19-3)17-11-15-6-4-5-14(10-15)7-8-18/h4-6,10,13,16-18H,7-9,11-12H2,1-3H3. The van der Waals surface area contributed by atoms with Crippen molar-refractivity contribution in [3.05, 3.63) is 35.4 Å². The van der Waals surface area contributed by atoms with E-state index in [0.29, 0.717) is 12.0 Å². The van der Waals surface area contributed by atoms with Crippen LogP contribution < -0.4 is 5.32 Å². The van der Waals surface area contributed by atoms with Gasteiger partial charge in [-0.15, -0.1) is 0 Å². The van der Waals surface area contributed by atoms with E-state index in [-0.39, 0.29) is 6.61 Å². The summed E-state index contributed by atoms with van der Waals surface area (Å²) in [6.07, 6.45) is 1.84. The van der Waals surface area contributed by atoms with Crippen LogP contribution in [0.2, 0.25) is 0 Å². The van der Waals surface area contributed by atoms with Gasteiger partial charge in [0.05, 0.1) is 6.61 Å². The van der Waals surface area contributed by atoms with Gasteiger partial charge in [0, 0.05) is 26.3 Å². The SMILES string of the molecule is COCC(CC(C)C)NCc1cccc(CCO)c1. The second kappa shape index (κ2) is 9.08. The van der Waals surface area contributed by atoms with Crippen LogP contribution in [0.25, 0.3) is 0 Å². The number of hydrogen-bond acceptors (Lipinski definition) is 3. The monoisotopic (exact) mass is 265 g/mol. The first-order valence-electron chi connectivity index (χ1n) is 7.06. The van der Waals surface area contributed by atoms with Crippen molar-refractivity contribution < 1.29 is 9.84 Å². The Morgan fingerprint density at radius 2 is 2.00 bits per heavy atom. The van der Waals surface area contributed by atoms with E-state index < -0.39 is 0 Å². The van der Waals surface area contributed by atoms with Gasteiger partial charge in [-0.25, -0.2) is 0 Å². The molecule has 0 aliphatic heterocycles. The Morgan fingerprint density at radius 1 is 1.26 bits per heavy atom. The van der Waals surface area contributed by atoms with Crippen molar-refractivity contribution in [3.63, 3.8) is 0 Å². The Labute approximate surface area is 117 Å². The van der Waals surface area contributed by atoms with E-state index in [1.807, 2.05) is 0 Å². The summed E-state index contributed by atoms with van der Waals surface area (Å²) in [7, 11) is 1.75. The van der Waals surface area contributed by atoms with E-state index >= 15 is 0 Å². The Hall–Kier alpha value is -0.900. The Morgan fingerprint density at radius 3 is 2.63 bits per heavy atom. The van der Waals surface area contributed by atoms with E-state index in [1.165, 1.54) is 11.1 Å². The maximum Gasteiger partial charge on any atom is 0.0616 e. The molecule has 0 aliphatic rings. The summed E-state index contributed by atoms with van der Waals surface area (Å²) in [6.45, 7) is 6.25. The zero-order valence-corrected chi connectivity index (χ0v) is 12.4. The summed E-state index contributed by atoms with van der Waals surface area (Å²) in [5, 5.41) is 12.5. The molecule has 108 valence electrons. The molecule has 2 N–H and O–H groups in total. The van der Waals surface area contributed by atoms with Crippen LogP contribution in [0.4, 0.5) is 0 Å². The van der Waals surface area contributed by atoms with Gasteiger partial charge in [0.25, 0.3) is 0 Å². The second-order valence-corrected chi connectivity index (χ2v) is 5.46. The van der Waals surface area contributed by atoms with Gasteiger partial charge in [-0.3, -0.25) is 0 Å². The molecule has 19 heavy (non-hydrogen) atoms. The lowest BCUT2D eigenvalue weighted by Gasteiger charge is -2.20. The maximum absolute atomic E-state index is 8.97. The van der Waals surface area contributed by atoms with Crippen LogP contribution in [0.3, 0.4) is 0 Å². The molecule has 0 heterocycles. The Bertz CT molecular complexity index is 352. The van der Waals surface area contributed by atoms with Crippen LogP contribution >= 0.6 is 0 Å². The molecule has 1 rings (SSSR count). The molecule has 1 aromatic carbocycles. The third-order valence-electron chi connectivity index (χ3n) is 3.11. The van der Waals surface area contributed by atoms with Gasteiger partial charge in [0.2, 0.25) is 0 Å². The van der Waals surface area contributed by atoms with Crippen molar-refractivity contribution in [1.82, 2.24) is 5.32 Å². The minimum Gasteiger partial charge on any atom is -0.396 e. The third kappa shape index (κ3) is 6.71. The van der Waals surface area contributed by atoms with E-state index in [1.54, 1.807) is 7.11 Å². The van der Waals surface area contributed by atoms with Gasteiger partial charge < -0.3 is 15.2 Å². The Kier molecular flexibility index (Phi) is 7.72. The molecule has 3 nitrogen and oxygen atoms in total. The van der Waals surface area contributed by atoms with Crippen molar-refractivity contribution in [2.24, 2.45) is 5.92 Å². The van der Waals surface area contributed by atoms with Crippen LogP contribution in [0.15, 0.2) is 24.3 Å². The van der Waals surface area contributed by atoms with Crippen LogP contribution in [-0.2, 0) is 17.7 Å². The molecule has 1 atom stereocenters. The summed E-state index contributed by atoms with van der Waals surface area (Å²) in [5.74, 6) is 0.661. The molecule has 0 aromatic heterocycles. The number of nitrogens with one attached hydrogen (secondary N) is 1.